The first kappa shape index (κ1) is 24.8. The van der Waals surface area contributed by atoms with Gasteiger partial charge in [-0.1, -0.05) is 29.8 Å². The second-order valence-electron chi connectivity index (χ2n) is 8.99. The van der Waals surface area contributed by atoms with Crippen LogP contribution in [0.2, 0.25) is 0 Å². The number of benzene rings is 2. The van der Waals surface area contributed by atoms with Crippen LogP contribution in [0.5, 0.6) is 0 Å². The second kappa shape index (κ2) is 10.5. The van der Waals surface area contributed by atoms with Crippen LogP contribution in [-0.4, -0.2) is 31.6 Å². The molecule has 0 bridgehead atoms. The van der Waals surface area contributed by atoms with Gasteiger partial charge in [-0.2, -0.15) is 5.10 Å². The zero-order chi connectivity index (χ0) is 25.8. The summed E-state index contributed by atoms with van der Waals surface area (Å²) in [7, 11) is 0. The number of hydrogen-bond acceptors (Lipinski definition) is 5. The minimum Gasteiger partial charge on any atom is -0.352 e. The number of amides is 2. The van der Waals surface area contributed by atoms with Gasteiger partial charge in [-0.25, -0.2) is 14.6 Å². The first-order valence-corrected chi connectivity index (χ1v) is 11.8. The molecule has 8 heteroatoms. The first-order valence-electron chi connectivity index (χ1n) is 11.8. The van der Waals surface area contributed by atoms with Crippen molar-refractivity contribution in [1.82, 2.24) is 25.1 Å². The van der Waals surface area contributed by atoms with E-state index in [4.69, 9.17) is 0 Å². The van der Waals surface area contributed by atoms with Crippen LogP contribution in [0.1, 0.15) is 49.8 Å². The molecule has 0 saturated carbocycles. The summed E-state index contributed by atoms with van der Waals surface area (Å²) in [6.45, 7) is 9.97. The molecule has 0 unspecified atom stereocenters. The maximum atomic E-state index is 12.8. The van der Waals surface area contributed by atoms with Crippen molar-refractivity contribution in [3.05, 3.63) is 99.6 Å². The lowest BCUT2D eigenvalue weighted by Crippen LogP contribution is -2.25. The van der Waals surface area contributed by atoms with Crippen molar-refractivity contribution in [2.45, 2.75) is 47.6 Å². The van der Waals surface area contributed by atoms with Crippen LogP contribution in [0.4, 0.5) is 5.69 Å². The lowest BCUT2D eigenvalue weighted by molar-refractivity contribution is -0.120. The zero-order valence-corrected chi connectivity index (χ0v) is 21.2. The highest BCUT2D eigenvalue weighted by molar-refractivity contribution is 6.04. The third kappa shape index (κ3) is 5.83. The Hall–Kier alpha value is -4.33. The maximum Gasteiger partial charge on any atom is 0.255 e. The van der Waals surface area contributed by atoms with Crippen molar-refractivity contribution in [3.63, 3.8) is 0 Å². The van der Waals surface area contributed by atoms with Gasteiger partial charge in [0.2, 0.25) is 5.91 Å². The molecule has 0 fully saturated rings. The molecule has 4 rings (SSSR count). The summed E-state index contributed by atoms with van der Waals surface area (Å²) >= 11 is 0. The van der Waals surface area contributed by atoms with Gasteiger partial charge >= 0.3 is 0 Å². The molecule has 4 aromatic rings. The number of anilines is 1. The molecule has 2 N–H and O–H groups in total. The van der Waals surface area contributed by atoms with Crippen LogP contribution in [0.3, 0.4) is 0 Å². The maximum absolute atomic E-state index is 12.8. The SMILES string of the molecule is Cc1ccc(C(=O)Nc2cccc(CNC(=O)Cc3c(C)nn(-c4nc(C)cc(C)n4)c3C)c2)cc1. The van der Waals surface area contributed by atoms with Crippen molar-refractivity contribution in [3.8, 4) is 5.95 Å². The Labute approximate surface area is 210 Å². The fourth-order valence-electron chi connectivity index (χ4n) is 4.02. The van der Waals surface area contributed by atoms with E-state index in [0.717, 1.165) is 39.5 Å². The molecule has 0 aliphatic heterocycles. The number of hydrogen-bond donors (Lipinski definition) is 2. The van der Waals surface area contributed by atoms with Gasteiger partial charge in [-0.15, -0.1) is 0 Å². The van der Waals surface area contributed by atoms with E-state index < -0.39 is 0 Å². The smallest absolute Gasteiger partial charge is 0.255 e. The second-order valence-corrected chi connectivity index (χ2v) is 8.99. The average Bonchev–Trinajstić information content (AvgIpc) is 3.11. The predicted molar refractivity (Wildman–Crippen MR) is 139 cm³/mol. The Kier molecular flexibility index (Phi) is 7.24. The van der Waals surface area contributed by atoms with E-state index in [1.165, 1.54) is 0 Å². The van der Waals surface area contributed by atoms with E-state index in [1.807, 2.05) is 77.1 Å². The summed E-state index contributed by atoms with van der Waals surface area (Å²) < 4.78 is 1.69. The number of nitrogens with zero attached hydrogens (tertiary/aromatic N) is 4. The van der Waals surface area contributed by atoms with Crippen molar-refractivity contribution in [1.29, 1.82) is 0 Å². The Bertz CT molecular complexity index is 1400. The minimum atomic E-state index is -0.174. The predicted octanol–water partition coefficient (Wildman–Crippen LogP) is 4.32. The standard InChI is InChI=1S/C28H30N6O2/c1-17-9-11-23(12-10-17)27(36)32-24-8-6-7-22(14-24)16-29-26(35)15-25-20(4)33-34(21(25)5)28-30-18(2)13-19(3)31-28/h6-14H,15-16H2,1-5H3,(H,29,35)(H,32,36). The van der Waals surface area contributed by atoms with E-state index in [9.17, 15) is 9.59 Å². The highest BCUT2D eigenvalue weighted by atomic mass is 16.2. The number of aryl methyl sites for hydroxylation is 4. The van der Waals surface area contributed by atoms with Crippen LogP contribution in [0.25, 0.3) is 5.95 Å². The van der Waals surface area contributed by atoms with Gasteiger partial charge in [-0.05, 0) is 70.5 Å². The minimum absolute atomic E-state index is 0.115. The van der Waals surface area contributed by atoms with Crippen molar-refractivity contribution >= 4 is 17.5 Å². The molecule has 2 aromatic heterocycles. The normalized spacial score (nSPS) is 10.8. The highest BCUT2D eigenvalue weighted by Crippen LogP contribution is 2.18. The Balaban J connectivity index is 1.39. The van der Waals surface area contributed by atoms with Crippen LogP contribution < -0.4 is 10.6 Å². The van der Waals surface area contributed by atoms with Gasteiger partial charge in [0.1, 0.15) is 0 Å². The van der Waals surface area contributed by atoms with Crippen molar-refractivity contribution in [2.75, 3.05) is 5.32 Å². The van der Waals surface area contributed by atoms with E-state index in [0.29, 0.717) is 23.7 Å². The van der Waals surface area contributed by atoms with Crippen molar-refractivity contribution in [2.24, 2.45) is 0 Å². The molecule has 8 nitrogen and oxygen atoms in total. The molecule has 0 atom stereocenters. The highest BCUT2D eigenvalue weighted by Gasteiger charge is 2.17. The van der Waals surface area contributed by atoms with Gasteiger partial charge in [-0.3, -0.25) is 9.59 Å². The van der Waals surface area contributed by atoms with Gasteiger partial charge in [0.05, 0.1) is 12.1 Å². The van der Waals surface area contributed by atoms with E-state index in [2.05, 4.69) is 25.7 Å². The molecule has 184 valence electrons. The molecule has 0 aliphatic rings. The van der Waals surface area contributed by atoms with E-state index in [1.54, 1.807) is 16.8 Å². The van der Waals surface area contributed by atoms with Crippen LogP contribution in [-0.2, 0) is 17.8 Å². The Morgan fingerprint density at radius 1 is 0.889 bits per heavy atom. The molecule has 0 aliphatic carbocycles. The lowest BCUT2D eigenvalue weighted by atomic mass is 10.1. The summed E-state index contributed by atoms with van der Waals surface area (Å²) in [6.07, 6.45) is 0.201. The lowest BCUT2D eigenvalue weighted by Gasteiger charge is -2.10. The number of carbonyl (C=O) groups excluding carboxylic acids is 2. The molecule has 0 radical (unpaired) electrons. The summed E-state index contributed by atoms with van der Waals surface area (Å²) in [5.74, 6) is 0.215. The molecule has 0 spiro atoms. The zero-order valence-electron chi connectivity index (χ0n) is 21.2. The van der Waals surface area contributed by atoms with Gasteiger partial charge < -0.3 is 10.6 Å². The molecule has 2 heterocycles. The topological polar surface area (TPSA) is 102 Å². The first-order chi connectivity index (χ1) is 17.2. The summed E-state index contributed by atoms with van der Waals surface area (Å²) in [5, 5.41) is 10.5. The Morgan fingerprint density at radius 2 is 1.58 bits per heavy atom. The number of aromatic nitrogens is 4. The molecule has 2 amide bonds. The van der Waals surface area contributed by atoms with Gasteiger partial charge in [0.25, 0.3) is 11.9 Å². The third-order valence-corrected chi connectivity index (χ3v) is 5.93. The summed E-state index contributed by atoms with van der Waals surface area (Å²) in [4.78, 5) is 34.3. The summed E-state index contributed by atoms with van der Waals surface area (Å²) in [5.41, 5.74) is 7.45. The Morgan fingerprint density at radius 3 is 2.28 bits per heavy atom. The third-order valence-electron chi connectivity index (χ3n) is 5.93. The number of carbonyl (C=O) groups is 2. The van der Waals surface area contributed by atoms with Crippen LogP contribution in [0, 0.1) is 34.6 Å². The largest absolute Gasteiger partial charge is 0.352 e. The fraction of sp³-hybridized carbons (Fsp3) is 0.250. The molecular weight excluding hydrogens is 452 g/mol. The molecule has 36 heavy (non-hydrogen) atoms. The van der Waals surface area contributed by atoms with Gasteiger partial charge in [0.15, 0.2) is 0 Å². The summed E-state index contributed by atoms with van der Waals surface area (Å²) in [6, 6.07) is 16.8. The van der Waals surface area contributed by atoms with Crippen molar-refractivity contribution < 1.29 is 9.59 Å². The number of rotatable bonds is 7. The average molecular weight is 483 g/mol. The monoisotopic (exact) mass is 482 g/mol. The fourth-order valence-corrected chi connectivity index (χ4v) is 4.02. The van der Waals surface area contributed by atoms with E-state index >= 15 is 0 Å². The number of nitrogens with one attached hydrogen (secondary N) is 2. The quantitative estimate of drug-likeness (QED) is 0.409. The molecule has 2 aromatic carbocycles. The van der Waals surface area contributed by atoms with Crippen LogP contribution >= 0.6 is 0 Å². The molecule has 0 saturated heterocycles. The van der Waals surface area contributed by atoms with Gasteiger partial charge in [0, 0.05) is 40.4 Å². The van der Waals surface area contributed by atoms with Crippen LogP contribution in [0.15, 0.2) is 54.6 Å². The van der Waals surface area contributed by atoms with E-state index in [-0.39, 0.29) is 18.2 Å². The molecular formula is C28H30N6O2.